The largest absolute Gasteiger partial charge is 0.410 e. The van der Waals surface area contributed by atoms with Gasteiger partial charge in [-0.05, 0) is 23.3 Å². The van der Waals surface area contributed by atoms with Crippen LogP contribution in [0.4, 0.5) is 0 Å². The third kappa shape index (κ3) is 1.17. The molecule has 0 saturated heterocycles. The molecule has 0 aromatic heterocycles. The summed E-state index contributed by atoms with van der Waals surface area (Å²) in [6, 6.07) is 13.4. The molecule has 1 N–H and O–H groups in total. The van der Waals surface area contributed by atoms with Crippen LogP contribution in [-0.4, -0.2) is 10.9 Å². The minimum atomic E-state index is 0.613. The van der Waals surface area contributed by atoms with E-state index < -0.39 is 0 Å². The van der Waals surface area contributed by atoms with E-state index in [9.17, 15) is 0 Å². The molecule has 0 radical (unpaired) electrons. The van der Waals surface area contributed by atoms with Crippen LogP contribution in [0.15, 0.2) is 47.6 Å². The van der Waals surface area contributed by atoms with Crippen molar-refractivity contribution in [1.29, 1.82) is 0 Å². The Morgan fingerprint density at radius 2 is 1.56 bits per heavy atom. The van der Waals surface area contributed by atoms with Crippen LogP contribution in [0.1, 0.15) is 11.1 Å². The van der Waals surface area contributed by atoms with E-state index in [-0.39, 0.29) is 0 Å². The van der Waals surface area contributed by atoms with E-state index in [1.165, 1.54) is 0 Å². The van der Waals surface area contributed by atoms with E-state index in [2.05, 4.69) is 5.16 Å². The molecule has 0 fully saturated rings. The maximum Gasteiger partial charge on any atom is 0.118 e. The summed E-state index contributed by atoms with van der Waals surface area (Å²) in [5.41, 5.74) is 4.57. The Morgan fingerprint density at radius 1 is 0.875 bits per heavy atom. The highest BCUT2D eigenvalue weighted by Gasteiger charge is 2.24. The number of fused-ring (bicyclic) bond motifs is 3. The molecule has 0 spiro atoms. The normalized spacial score (nSPS) is 14.9. The van der Waals surface area contributed by atoms with Crippen LogP contribution >= 0.6 is 11.6 Å². The predicted molar refractivity (Wildman–Crippen MR) is 64.3 cm³/mol. The SMILES string of the molecule is O/N=C1\c2ccccc2-c2cc(Cl)ccc21. The van der Waals surface area contributed by atoms with Crippen molar-refractivity contribution in [3.8, 4) is 11.1 Å². The molecule has 2 nitrogen and oxygen atoms in total. The topological polar surface area (TPSA) is 32.6 Å². The van der Waals surface area contributed by atoms with Crippen LogP contribution in [0.2, 0.25) is 5.02 Å². The fourth-order valence-corrected chi connectivity index (χ4v) is 2.30. The van der Waals surface area contributed by atoms with Gasteiger partial charge in [-0.15, -0.1) is 0 Å². The number of benzene rings is 2. The summed E-state index contributed by atoms with van der Waals surface area (Å²) in [4.78, 5) is 0. The van der Waals surface area contributed by atoms with E-state index in [0.29, 0.717) is 10.7 Å². The van der Waals surface area contributed by atoms with Crippen molar-refractivity contribution in [1.82, 2.24) is 0 Å². The number of rotatable bonds is 0. The molecule has 2 aromatic carbocycles. The van der Waals surface area contributed by atoms with Gasteiger partial charge in [-0.3, -0.25) is 0 Å². The number of halogens is 1. The zero-order chi connectivity index (χ0) is 11.1. The molecule has 0 amide bonds. The maximum absolute atomic E-state index is 9.08. The minimum absolute atomic E-state index is 0.613. The first-order valence-electron chi connectivity index (χ1n) is 4.93. The molecule has 16 heavy (non-hydrogen) atoms. The highest BCUT2D eigenvalue weighted by Crippen LogP contribution is 2.37. The van der Waals surface area contributed by atoms with Gasteiger partial charge in [0, 0.05) is 16.1 Å². The zero-order valence-corrected chi connectivity index (χ0v) is 9.07. The van der Waals surface area contributed by atoms with Gasteiger partial charge in [-0.1, -0.05) is 47.1 Å². The third-order valence-corrected chi connectivity index (χ3v) is 3.04. The second-order valence-corrected chi connectivity index (χ2v) is 4.12. The molecule has 0 saturated carbocycles. The van der Waals surface area contributed by atoms with Crippen molar-refractivity contribution in [3.63, 3.8) is 0 Å². The molecule has 2 aromatic rings. The van der Waals surface area contributed by atoms with E-state index in [0.717, 1.165) is 22.3 Å². The Labute approximate surface area is 97.8 Å². The summed E-state index contributed by atoms with van der Waals surface area (Å²) in [5, 5.41) is 13.1. The van der Waals surface area contributed by atoms with Gasteiger partial charge in [0.25, 0.3) is 0 Å². The molecule has 0 heterocycles. The van der Waals surface area contributed by atoms with Crippen molar-refractivity contribution < 1.29 is 5.21 Å². The monoisotopic (exact) mass is 229 g/mol. The molecule has 3 rings (SSSR count). The molecule has 3 heteroatoms. The minimum Gasteiger partial charge on any atom is -0.410 e. The summed E-state index contributed by atoms with van der Waals surface area (Å²) in [5.74, 6) is 0. The summed E-state index contributed by atoms with van der Waals surface area (Å²) >= 11 is 5.98. The summed E-state index contributed by atoms with van der Waals surface area (Å²) < 4.78 is 0. The number of nitrogens with zero attached hydrogens (tertiary/aromatic N) is 1. The standard InChI is InChI=1S/C13H8ClNO/c14-8-5-6-11-12(7-8)9-3-1-2-4-10(9)13(11)15-16/h1-7,16H/b15-13+. The first kappa shape index (κ1) is 9.43. The number of hydrogen-bond donors (Lipinski definition) is 1. The van der Waals surface area contributed by atoms with Crippen LogP contribution in [0.25, 0.3) is 11.1 Å². The van der Waals surface area contributed by atoms with Crippen molar-refractivity contribution >= 4 is 17.3 Å². The van der Waals surface area contributed by atoms with Gasteiger partial charge in [0.2, 0.25) is 0 Å². The number of hydrogen-bond acceptors (Lipinski definition) is 2. The van der Waals surface area contributed by atoms with E-state index in [4.69, 9.17) is 16.8 Å². The highest BCUT2D eigenvalue weighted by atomic mass is 35.5. The second-order valence-electron chi connectivity index (χ2n) is 3.68. The summed E-state index contributed by atoms with van der Waals surface area (Å²) in [7, 11) is 0. The van der Waals surface area contributed by atoms with Crippen LogP contribution in [0.5, 0.6) is 0 Å². The first-order valence-corrected chi connectivity index (χ1v) is 5.31. The van der Waals surface area contributed by atoms with Gasteiger partial charge < -0.3 is 5.21 Å². The third-order valence-electron chi connectivity index (χ3n) is 2.81. The molecule has 0 atom stereocenters. The fraction of sp³-hybridized carbons (Fsp3) is 0. The average molecular weight is 230 g/mol. The lowest BCUT2D eigenvalue weighted by atomic mass is 10.1. The fourth-order valence-electron chi connectivity index (χ4n) is 2.12. The Morgan fingerprint density at radius 3 is 2.31 bits per heavy atom. The van der Waals surface area contributed by atoms with E-state index >= 15 is 0 Å². The Hall–Kier alpha value is -1.80. The van der Waals surface area contributed by atoms with Crippen molar-refractivity contribution in [3.05, 3.63) is 58.6 Å². The van der Waals surface area contributed by atoms with Crippen LogP contribution < -0.4 is 0 Å². The first-order chi connectivity index (χ1) is 7.81. The van der Waals surface area contributed by atoms with Gasteiger partial charge >= 0.3 is 0 Å². The van der Waals surface area contributed by atoms with Crippen molar-refractivity contribution in [2.24, 2.45) is 5.16 Å². The zero-order valence-electron chi connectivity index (χ0n) is 8.31. The molecule has 1 aliphatic rings. The van der Waals surface area contributed by atoms with Gasteiger partial charge in [0.05, 0.1) is 0 Å². The molecule has 0 bridgehead atoms. The average Bonchev–Trinajstić information content (AvgIpc) is 2.62. The van der Waals surface area contributed by atoms with Gasteiger partial charge in [-0.25, -0.2) is 0 Å². The van der Waals surface area contributed by atoms with E-state index in [1.54, 1.807) is 6.07 Å². The lowest BCUT2D eigenvalue weighted by Crippen LogP contribution is -1.97. The van der Waals surface area contributed by atoms with Crippen LogP contribution in [-0.2, 0) is 0 Å². The van der Waals surface area contributed by atoms with Crippen LogP contribution in [0.3, 0.4) is 0 Å². The number of oxime groups is 1. The molecular formula is C13H8ClNO. The predicted octanol–water partition coefficient (Wildman–Crippen LogP) is 3.55. The summed E-state index contributed by atoms with van der Waals surface area (Å²) in [6.07, 6.45) is 0. The smallest absolute Gasteiger partial charge is 0.118 e. The molecular weight excluding hydrogens is 222 g/mol. The molecule has 0 unspecified atom stereocenters. The lowest BCUT2D eigenvalue weighted by molar-refractivity contribution is 0.320. The van der Waals surface area contributed by atoms with Crippen LogP contribution in [0, 0.1) is 0 Å². The van der Waals surface area contributed by atoms with E-state index in [1.807, 2.05) is 36.4 Å². The van der Waals surface area contributed by atoms with Crippen molar-refractivity contribution in [2.45, 2.75) is 0 Å². The molecule has 1 aliphatic carbocycles. The van der Waals surface area contributed by atoms with Gasteiger partial charge in [0.15, 0.2) is 0 Å². The quantitative estimate of drug-likeness (QED) is 0.464. The second kappa shape index (κ2) is 3.35. The lowest BCUT2D eigenvalue weighted by Gasteiger charge is -1.99. The van der Waals surface area contributed by atoms with Gasteiger partial charge in [0.1, 0.15) is 5.71 Å². The van der Waals surface area contributed by atoms with Gasteiger partial charge in [-0.2, -0.15) is 0 Å². The Balaban J connectivity index is 2.40. The Kier molecular flexibility index (Phi) is 1.98. The molecule has 0 aliphatic heterocycles. The Bertz CT molecular complexity index is 605. The van der Waals surface area contributed by atoms with Crippen molar-refractivity contribution in [2.75, 3.05) is 0 Å². The summed E-state index contributed by atoms with van der Waals surface area (Å²) in [6.45, 7) is 0. The highest BCUT2D eigenvalue weighted by molar-refractivity contribution is 6.32. The molecule has 78 valence electrons. The maximum atomic E-state index is 9.08.